The Morgan fingerprint density at radius 3 is 2.43 bits per heavy atom. The number of nitrogens with one attached hydrogen (secondary N) is 2. The molecule has 2 aromatic carbocycles. The van der Waals surface area contributed by atoms with Gasteiger partial charge in [0.05, 0.1) is 39.0 Å². The Labute approximate surface area is 322 Å². The highest BCUT2D eigenvalue weighted by molar-refractivity contribution is 5.98. The van der Waals surface area contributed by atoms with Crippen LogP contribution in [-0.4, -0.2) is 104 Å². The highest BCUT2D eigenvalue weighted by atomic mass is 16.7. The third-order valence-corrected chi connectivity index (χ3v) is 13.5. The van der Waals surface area contributed by atoms with E-state index < -0.39 is 24.2 Å². The second-order valence-electron chi connectivity index (χ2n) is 17.4. The maximum Gasteiger partial charge on any atom is 0.255 e. The van der Waals surface area contributed by atoms with E-state index in [-0.39, 0.29) is 42.5 Å². The number of fused-ring (bicyclic) bond motifs is 2. The fourth-order valence-corrected chi connectivity index (χ4v) is 10.4. The van der Waals surface area contributed by atoms with Gasteiger partial charge in [-0.05, 0) is 93.5 Å². The van der Waals surface area contributed by atoms with Crippen molar-refractivity contribution >= 4 is 11.8 Å². The lowest BCUT2D eigenvalue weighted by Crippen LogP contribution is -2.62. The summed E-state index contributed by atoms with van der Waals surface area (Å²) in [4.78, 5) is 36.7. The average Bonchev–Trinajstić information content (AvgIpc) is 3.53. The summed E-state index contributed by atoms with van der Waals surface area (Å²) >= 11 is 0. The molecule has 0 unspecified atom stereocenters. The van der Waals surface area contributed by atoms with E-state index in [1.165, 1.54) is 25.7 Å². The molecule has 1 saturated heterocycles. The Bertz CT molecular complexity index is 1620. The largest absolute Gasteiger partial charge is 0.496 e. The molecular weight excluding hydrogens is 684 g/mol. The number of nitrogens with zero attached hydrogens (tertiary/aromatic N) is 2. The first-order valence-corrected chi connectivity index (χ1v) is 20.1. The molecule has 0 aromatic heterocycles. The molecule has 11 nitrogen and oxygen atoms in total. The molecular formula is C43H64N4O7. The Morgan fingerprint density at radius 1 is 1.07 bits per heavy atom. The molecule has 0 spiro atoms. The molecule has 5 aliphatic rings. The number of likely N-dealkylation sites (N-methyl/N-ethyl adjacent to an activating group) is 1. The van der Waals surface area contributed by atoms with Gasteiger partial charge < -0.3 is 35.2 Å². The van der Waals surface area contributed by atoms with Gasteiger partial charge in [0.2, 0.25) is 5.91 Å². The number of ether oxygens (including phenoxy) is 2. The summed E-state index contributed by atoms with van der Waals surface area (Å²) in [5, 5.41) is 29.6. The zero-order chi connectivity index (χ0) is 38.9. The Morgan fingerprint density at radius 2 is 1.81 bits per heavy atom. The third kappa shape index (κ3) is 8.03. The summed E-state index contributed by atoms with van der Waals surface area (Å²) in [5.74, 6) is 1.96. The van der Waals surface area contributed by atoms with Gasteiger partial charge in [0, 0.05) is 35.7 Å². The number of carbonyl (C=O) groups excluding carboxylic acids is 2. The first kappa shape index (κ1) is 40.4. The van der Waals surface area contributed by atoms with Crippen LogP contribution >= 0.6 is 0 Å². The van der Waals surface area contributed by atoms with Gasteiger partial charge in [-0.1, -0.05) is 64.3 Å². The number of para-hydroxylation sites is 1. The van der Waals surface area contributed by atoms with Crippen LogP contribution in [0.5, 0.6) is 11.5 Å². The van der Waals surface area contributed by atoms with Gasteiger partial charge in [-0.3, -0.25) is 14.4 Å². The minimum Gasteiger partial charge on any atom is -0.496 e. The molecule has 9 atom stereocenters. The molecule has 0 radical (unpaired) electrons. The van der Waals surface area contributed by atoms with E-state index in [2.05, 4.69) is 36.3 Å². The van der Waals surface area contributed by atoms with Crippen molar-refractivity contribution in [2.75, 3.05) is 41.5 Å². The van der Waals surface area contributed by atoms with Crippen LogP contribution in [0.4, 0.5) is 0 Å². The summed E-state index contributed by atoms with van der Waals surface area (Å²) in [6, 6.07) is 10.6. The molecule has 2 aromatic rings. The number of rotatable bonds is 14. The van der Waals surface area contributed by atoms with Crippen LogP contribution in [0.25, 0.3) is 11.1 Å². The number of hydrogen-bond acceptors (Lipinski definition) is 9. The summed E-state index contributed by atoms with van der Waals surface area (Å²) in [6.45, 7) is 9.16. The highest BCUT2D eigenvalue weighted by Gasteiger charge is 2.57. The summed E-state index contributed by atoms with van der Waals surface area (Å²) < 4.78 is 11.8. The quantitative estimate of drug-likeness (QED) is 0.204. The molecule has 2 amide bonds. The van der Waals surface area contributed by atoms with Crippen molar-refractivity contribution in [3.63, 3.8) is 0 Å². The van der Waals surface area contributed by atoms with Crippen LogP contribution in [0.3, 0.4) is 0 Å². The van der Waals surface area contributed by atoms with Crippen LogP contribution in [0.2, 0.25) is 0 Å². The molecule has 11 heteroatoms. The second-order valence-corrected chi connectivity index (χ2v) is 17.4. The number of methoxy groups -OCH3 is 2. The van der Waals surface area contributed by atoms with Crippen molar-refractivity contribution in [3.8, 4) is 22.6 Å². The molecule has 7 rings (SSSR count). The van der Waals surface area contributed by atoms with Gasteiger partial charge in [0.1, 0.15) is 23.6 Å². The molecule has 54 heavy (non-hydrogen) atoms. The molecule has 4 aliphatic carbocycles. The van der Waals surface area contributed by atoms with Crippen LogP contribution in [0, 0.1) is 35.0 Å². The maximum absolute atomic E-state index is 14.3. The molecule has 298 valence electrons. The zero-order valence-electron chi connectivity index (χ0n) is 33.6. The Kier molecular flexibility index (Phi) is 12.6. The third-order valence-electron chi connectivity index (χ3n) is 13.5. The zero-order valence-corrected chi connectivity index (χ0v) is 33.6. The predicted octanol–water partition coefficient (Wildman–Crippen LogP) is 5.27. The maximum atomic E-state index is 14.3. The highest BCUT2D eigenvalue weighted by Crippen LogP contribution is 2.61. The molecule has 2 bridgehead atoms. The van der Waals surface area contributed by atoms with Gasteiger partial charge >= 0.3 is 0 Å². The normalized spacial score (nSPS) is 29.3. The van der Waals surface area contributed by atoms with E-state index in [1.807, 2.05) is 50.5 Å². The minimum absolute atomic E-state index is 0.0247. The molecule has 5 fully saturated rings. The van der Waals surface area contributed by atoms with Gasteiger partial charge in [0.25, 0.3) is 5.91 Å². The van der Waals surface area contributed by atoms with Gasteiger partial charge in [-0.25, -0.2) is 0 Å². The number of benzene rings is 2. The van der Waals surface area contributed by atoms with Gasteiger partial charge in [-0.2, -0.15) is 5.06 Å². The lowest BCUT2D eigenvalue weighted by atomic mass is 9.45. The topological polar surface area (TPSA) is 133 Å². The molecule has 1 aliphatic heterocycles. The molecule has 1 heterocycles. The van der Waals surface area contributed by atoms with Gasteiger partial charge in [-0.15, -0.1) is 0 Å². The van der Waals surface area contributed by atoms with Crippen LogP contribution in [-0.2, 0) is 16.2 Å². The van der Waals surface area contributed by atoms with Crippen molar-refractivity contribution in [1.82, 2.24) is 20.6 Å². The van der Waals surface area contributed by atoms with Crippen molar-refractivity contribution in [1.29, 1.82) is 0 Å². The summed E-state index contributed by atoms with van der Waals surface area (Å²) in [6.07, 6.45) is 6.33. The Hall–Kier alpha value is -3.22. The van der Waals surface area contributed by atoms with E-state index in [1.54, 1.807) is 26.2 Å². The number of hydroxylamine groups is 2. The molecule has 4 N–H and O–H groups in total. The first-order chi connectivity index (χ1) is 25.8. The minimum atomic E-state index is -0.897. The van der Waals surface area contributed by atoms with E-state index in [0.717, 1.165) is 42.5 Å². The van der Waals surface area contributed by atoms with Crippen LogP contribution in [0.1, 0.15) is 88.6 Å². The predicted molar refractivity (Wildman–Crippen MR) is 209 cm³/mol. The fraction of sp³-hybridized carbons (Fsp3) is 0.674. The smallest absolute Gasteiger partial charge is 0.255 e. The van der Waals surface area contributed by atoms with E-state index in [9.17, 15) is 19.8 Å². The fourth-order valence-electron chi connectivity index (χ4n) is 10.4. The van der Waals surface area contributed by atoms with E-state index >= 15 is 0 Å². The first-order valence-electron chi connectivity index (χ1n) is 20.1. The SMILES string of the molecule is COc1ccc(-c2cccc(CN3O[C@@H](CO)[C@H]([C@H](C)O)[C@H]3C(=O)N[C@H]3C[C@H]4C[C@@H]([C@@H]3C)C4(C)C)c2OC)cc1C(=O)N[C@H](CN(C)C)C1CCCCC1. The van der Waals surface area contributed by atoms with Crippen molar-refractivity contribution in [2.24, 2.45) is 35.0 Å². The molecule has 4 saturated carbocycles. The van der Waals surface area contributed by atoms with Crippen molar-refractivity contribution in [2.45, 2.75) is 110 Å². The monoisotopic (exact) mass is 748 g/mol. The number of carbonyl (C=O) groups is 2. The average molecular weight is 749 g/mol. The van der Waals surface area contributed by atoms with Gasteiger partial charge in [0.15, 0.2) is 0 Å². The number of hydrogen-bond donors (Lipinski definition) is 4. The summed E-state index contributed by atoms with van der Waals surface area (Å²) in [7, 11) is 7.26. The lowest BCUT2D eigenvalue weighted by molar-refractivity contribution is -0.183. The summed E-state index contributed by atoms with van der Waals surface area (Å²) in [5.41, 5.74) is 3.04. The number of aliphatic hydroxyl groups excluding tert-OH is 2. The van der Waals surface area contributed by atoms with Crippen LogP contribution in [0.15, 0.2) is 36.4 Å². The lowest BCUT2D eigenvalue weighted by Gasteiger charge is -2.62. The van der Waals surface area contributed by atoms with Crippen molar-refractivity contribution in [3.05, 3.63) is 47.5 Å². The van der Waals surface area contributed by atoms with E-state index in [4.69, 9.17) is 14.3 Å². The number of aliphatic hydroxyl groups is 2. The van der Waals surface area contributed by atoms with Crippen LogP contribution < -0.4 is 20.1 Å². The van der Waals surface area contributed by atoms with E-state index in [0.29, 0.717) is 40.7 Å². The van der Waals surface area contributed by atoms with Crippen molar-refractivity contribution < 1.29 is 34.1 Å². The number of amides is 2. The second kappa shape index (κ2) is 16.9. The standard InChI is InChI=1S/C43H64N4O7/c1-25-33-20-30(43(33,3)4)21-34(25)44-42(51)39-38(26(2)49)37(24-48)54-47(39)22-29-15-12-16-31(40(29)53-8)28-17-18-36(52-7)32(19-28)41(50)45-35(23-46(5)6)27-13-10-9-11-14-27/h12,15-19,25-27,30,33-35,37-39,48-49H,9-11,13-14,20-24H2,1-8H3,(H,44,51)(H,45,50)/t25-,26-,30+,33-,34-,35+,37-,38-,39-/m0/s1. The Balaban J connectivity index is 1.26.